The van der Waals surface area contributed by atoms with Crippen molar-refractivity contribution in [3.63, 3.8) is 0 Å². The van der Waals surface area contributed by atoms with Gasteiger partial charge in [-0.1, -0.05) is 0 Å². The van der Waals surface area contributed by atoms with Crippen LogP contribution in [0, 0.1) is 0 Å². The molecule has 1 aromatic rings. The summed E-state index contributed by atoms with van der Waals surface area (Å²) in [7, 11) is -1.52. The standard InChI is InChI=1S/C15H26N4O3S/c1-18-11-9-17-14(18)8-7-13-5-2-3-10-19(13)15(20)6-4-12-23(16,21)22/h9,11,13H,2-8,10,12H2,1H3,(H2,16,21,22). The third-order valence-electron chi connectivity index (χ3n) is 4.39. The second-order valence-corrected chi connectivity index (χ2v) is 7.93. The second kappa shape index (κ2) is 7.92. The molecule has 1 unspecified atom stereocenters. The molecule has 8 heteroatoms. The van der Waals surface area contributed by atoms with Gasteiger partial charge in [-0.3, -0.25) is 4.79 Å². The second-order valence-electron chi connectivity index (χ2n) is 6.20. The van der Waals surface area contributed by atoms with E-state index in [0.717, 1.165) is 44.5 Å². The molecule has 130 valence electrons. The van der Waals surface area contributed by atoms with Gasteiger partial charge < -0.3 is 9.47 Å². The van der Waals surface area contributed by atoms with Crippen LogP contribution in [0.3, 0.4) is 0 Å². The van der Waals surface area contributed by atoms with Crippen LogP contribution in [-0.4, -0.2) is 47.1 Å². The van der Waals surface area contributed by atoms with Gasteiger partial charge in [0.25, 0.3) is 0 Å². The average molecular weight is 342 g/mol. The van der Waals surface area contributed by atoms with Crippen molar-refractivity contribution in [2.24, 2.45) is 12.2 Å². The van der Waals surface area contributed by atoms with Crippen molar-refractivity contribution < 1.29 is 13.2 Å². The van der Waals surface area contributed by atoms with E-state index in [0.29, 0.717) is 6.42 Å². The topological polar surface area (TPSA) is 98.3 Å². The Morgan fingerprint density at radius 1 is 1.43 bits per heavy atom. The number of carbonyl (C=O) groups is 1. The molecule has 1 atom stereocenters. The van der Waals surface area contributed by atoms with Gasteiger partial charge in [-0.2, -0.15) is 0 Å². The largest absolute Gasteiger partial charge is 0.340 e. The number of likely N-dealkylation sites (tertiary alicyclic amines) is 1. The maximum atomic E-state index is 12.4. The minimum atomic E-state index is -3.49. The van der Waals surface area contributed by atoms with Gasteiger partial charge in [-0.05, 0) is 32.1 Å². The molecule has 0 aliphatic carbocycles. The summed E-state index contributed by atoms with van der Waals surface area (Å²) in [5, 5.41) is 4.98. The van der Waals surface area contributed by atoms with Crippen LogP contribution in [0.25, 0.3) is 0 Å². The van der Waals surface area contributed by atoms with Crippen LogP contribution in [0.4, 0.5) is 0 Å². The zero-order chi connectivity index (χ0) is 16.9. The number of piperidine rings is 1. The minimum Gasteiger partial charge on any atom is -0.340 e. The van der Waals surface area contributed by atoms with Crippen molar-refractivity contribution in [2.75, 3.05) is 12.3 Å². The van der Waals surface area contributed by atoms with Crippen LogP contribution in [0.2, 0.25) is 0 Å². The Kier molecular flexibility index (Phi) is 6.17. The highest BCUT2D eigenvalue weighted by Gasteiger charge is 2.26. The minimum absolute atomic E-state index is 0.0400. The first-order valence-corrected chi connectivity index (χ1v) is 9.84. The van der Waals surface area contributed by atoms with E-state index in [-0.39, 0.29) is 24.1 Å². The smallest absolute Gasteiger partial charge is 0.222 e. The Balaban J connectivity index is 1.87. The Bertz CT molecular complexity index is 626. The van der Waals surface area contributed by atoms with E-state index in [9.17, 15) is 13.2 Å². The van der Waals surface area contributed by atoms with Gasteiger partial charge in [0.05, 0.1) is 5.75 Å². The molecule has 23 heavy (non-hydrogen) atoms. The fourth-order valence-electron chi connectivity index (χ4n) is 3.13. The molecule has 2 heterocycles. The highest BCUT2D eigenvalue weighted by Crippen LogP contribution is 2.22. The van der Waals surface area contributed by atoms with Crippen molar-refractivity contribution in [3.8, 4) is 0 Å². The number of aromatic nitrogens is 2. The van der Waals surface area contributed by atoms with Crippen molar-refractivity contribution in [1.29, 1.82) is 0 Å². The summed E-state index contributed by atoms with van der Waals surface area (Å²) >= 11 is 0. The first-order valence-electron chi connectivity index (χ1n) is 8.13. The fourth-order valence-corrected chi connectivity index (χ4v) is 3.68. The van der Waals surface area contributed by atoms with E-state index in [1.165, 1.54) is 0 Å². The fraction of sp³-hybridized carbons (Fsp3) is 0.733. The molecule has 0 spiro atoms. The number of aryl methyl sites for hydroxylation is 2. The average Bonchev–Trinajstić information content (AvgIpc) is 2.89. The van der Waals surface area contributed by atoms with E-state index in [4.69, 9.17) is 5.14 Å². The molecule has 1 amide bonds. The van der Waals surface area contributed by atoms with E-state index < -0.39 is 10.0 Å². The third kappa shape index (κ3) is 5.62. The van der Waals surface area contributed by atoms with Gasteiger partial charge in [0, 0.05) is 44.9 Å². The predicted molar refractivity (Wildman–Crippen MR) is 88.1 cm³/mol. The third-order valence-corrected chi connectivity index (χ3v) is 5.25. The summed E-state index contributed by atoms with van der Waals surface area (Å²) in [4.78, 5) is 18.6. The highest BCUT2D eigenvalue weighted by atomic mass is 32.2. The lowest BCUT2D eigenvalue weighted by Gasteiger charge is -2.36. The summed E-state index contributed by atoms with van der Waals surface area (Å²) in [5.41, 5.74) is 0. The molecule has 0 aromatic carbocycles. The number of carbonyl (C=O) groups excluding carboxylic acids is 1. The molecular weight excluding hydrogens is 316 g/mol. The first kappa shape index (κ1) is 17.9. The molecular formula is C15H26N4O3S. The molecule has 1 aliphatic rings. The van der Waals surface area contributed by atoms with Crippen LogP contribution in [-0.2, 0) is 28.3 Å². The zero-order valence-electron chi connectivity index (χ0n) is 13.6. The molecule has 0 bridgehead atoms. The lowest BCUT2D eigenvalue weighted by molar-refractivity contribution is -0.135. The summed E-state index contributed by atoms with van der Waals surface area (Å²) in [6, 6.07) is 0.224. The predicted octanol–water partition coefficient (Wildman–Crippen LogP) is 0.803. The summed E-state index contributed by atoms with van der Waals surface area (Å²) < 4.78 is 23.9. The first-order chi connectivity index (χ1) is 10.9. The zero-order valence-corrected chi connectivity index (χ0v) is 14.5. The molecule has 0 saturated carbocycles. The van der Waals surface area contributed by atoms with Crippen molar-refractivity contribution >= 4 is 15.9 Å². The number of primary sulfonamides is 1. The van der Waals surface area contributed by atoms with Gasteiger partial charge in [0.15, 0.2) is 0 Å². The van der Waals surface area contributed by atoms with Crippen molar-refractivity contribution in [2.45, 2.75) is 51.0 Å². The van der Waals surface area contributed by atoms with Crippen LogP contribution in [0.1, 0.15) is 44.3 Å². The number of amides is 1. The molecule has 1 fully saturated rings. The number of nitrogens with two attached hydrogens (primary N) is 1. The Labute approximate surface area is 137 Å². The van der Waals surface area contributed by atoms with Crippen LogP contribution < -0.4 is 5.14 Å². The SMILES string of the molecule is Cn1ccnc1CCC1CCCCN1C(=O)CCCS(N)(=O)=O. The number of nitrogens with zero attached hydrogens (tertiary/aromatic N) is 3. The quantitative estimate of drug-likeness (QED) is 0.792. The molecule has 0 radical (unpaired) electrons. The monoisotopic (exact) mass is 342 g/mol. The number of imidazole rings is 1. The highest BCUT2D eigenvalue weighted by molar-refractivity contribution is 7.89. The number of rotatable bonds is 7. The maximum Gasteiger partial charge on any atom is 0.222 e. The van der Waals surface area contributed by atoms with Gasteiger partial charge in [0.1, 0.15) is 5.82 Å². The molecule has 2 rings (SSSR count). The van der Waals surface area contributed by atoms with Gasteiger partial charge in [-0.15, -0.1) is 0 Å². The molecule has 1 aromatic heterocycles. The lowest BCUT2D eigenvalue weighted by Crippen LogP contribution is -2.44. The Hall–Kier alpha value is -1.41. The Morgan fingerprint density at radius 2 is 2.22 bits per heavy atom. The molecule has 1 saturated heterocycles. The van der Waals surface area contributed by atoms with Crippen LogP contribution in [0.5, 0.6) is 0 Å². The molecule has 2 N–H and O–H groups in total. The summed E-state index contributed by atoms with van der Waals surface area (Å²) in [6.45, 7) is 0.763. The maximum absolute atomic E-state index is 12.4. The number of sulfonamides is 1. The number of hydrogen-bond acceptors (Lipinski definition) is 4. The van der Waals surface area contributed by atoms with E-state index in [1.807, 2.05) is 22.7 Å². The van der Waals surface area contributed by atoms with Gasteiger partial charge >= 0.3 is 0 Å². The van der Waals surface area contributed by atoms with E-state index in [1.54, 1.807) is 6.20 Å². The van der Waals surface area contributed by atoms with Crippen molar-refractivity contribution in [1.82, 2.24) is 14.5 Å². The van der Waals surface area contributed by atoms with Gasteiger partial charge in [-0.25, -0.2) is 18.5 Å². The molecule has 7 nitrogen and oxygen atoms in total. The van der Waals surface area contributed by atoms with E-state index in [2.05, 4.69) is 4.98 Å². The van der Waals surface area contributed by atoms with Crippen LogP contribution >= 0.6 is 0 Å². The summed E-state index contributed by atoms with van der Waals surface area (Å²) in [6.07, 6.45) is 9.13. The Morgan fingerprint density at radius 3 is 2.87 bits per heavy atom. The van der Waals surface area contributed by atoms with Crippen molar-refractivity contribution in [3.05, 3.63) is 18.2 Å². The van der Waals surface area contributed by atoms with E-state index >= 15 is 0 Å². The normalized spacial score (nSPS) is 19.0. The summed E-state index contributed by atoms with van der Waals surface area (Å²) in [5.74, 6) is 0.931. The lowest BCUT2D eigenvalue weighted by atomic mass is 9.97. The molecule has 1 aliphatic heterocycles. The van der Waals surface area contributed by atoms with Crippen LogP contribution in [0.15, 0.2) is 12.4 Å². The number of hydrogen-bond donors (Lipinski definition) is 1. The van der Waals surface area contributed by atoms with Gasteiger partial charge in [0.2, 0.25) is 15.9 Å².